The Kier molecular flexibility index (Phi) is 5.34. The molecule has 2 heterocycles. The Morgan fingerprint density at radius 1 is 1.20 bits per heavy atom. The summed E-state index contributed by atoms with van der Waals surface area (Å²) in [4.78, 5) is 39.2. The molecule has 1 atom stereocenters. The van der Waals surface area contributed by atoms with Gasteiger partial charge in [0.05, 0.1) is 17.3 Å². The van der Waals surface area contributed by atoms with Gasteiger partial charge in [0.25, 0.3) is 0 Å². The van der Waals surface area contributed by atoms with Gasteiger partial charge in [0.1, 0.15) is 13.2 Å². The van der Waals surface area contributed by atoms with Crippen LogP contribution in [-0.2, 0) is 14.3 Å². The van der Waals surface area contributed by atoms with Gasteiger partial charge in [-0.25, -0.2) is 9.59 Å². The van der Waals surface area contributed by atoms with E-state index in [1.165, 1.54) is 4.90 Å². The minimum Gasteiger partial charge on any atom is -0.456 e. The Morgan fingerprint density at radius 3 is 2.67 bits per heavy atom. The van der Waals surface area contributed by atoms with E-state index >= 15 is 0 Å². The standard InChI is InChI=1S/C22H20BrN3O4/c1-12-3-4-13(2)16(9-12)20-19-17(11-30-21(19)28)26(22(29)25-20)10-18(27)24-15-7-5-14(23)6-8-15/h3-9,20H,10-11H2,1-2H3,(H,24,27)(H,25,29)/t20-/m0/s1. The lowest BCUT2D eigenvalue weighted by atomic mass is 9.91. The fourth-order valence-corrected chi connectivity index (χ4v) is 3.92. The van der Waals surface area contributed by atoms with Crippen LogP contribution in [-0.4, -0.2) is 36.0 Å². The number of cyclic esters (lactones) is 1. The highest BCUT2D eigenvalue weighted by Gasteiger charge is 2.43. The molecule has 2 aromatic rings. The molecule has 0 fully saturated rings. The third kappa shape index (κ3) is 3.82. The van der Waals surface area contributed by atoms with E-state index in [4.69, 9.17) is 4.74 Å². The first kappa shape index (κ1) is 20.2. The molecule has 0 saturated carbocycles. The van der Waals surface area contributed by atoms with Crippen LogP contribution in [0.2, 0.25) is 0 Å². The van der Waals surface area contributed by atoms with E-state index in [1.807, 2.05) is 44.2 Å². The molecule has 0 aliphatic carbocycles. The van der Waals surface area contributed by atoms with Gasteiger partial charge in [-0.15, -0.1) is 0 Å². The first-order valence-electron chi connectivity index (χ1n) is 9.44. The Labute approximate surface area is 182 Å². The zero-order chi connectivity index (χ0) is 21.4. The number of aryl methyl sites for hydroxylation is 2. The smallest absolute Gasteiger partial charge is 0.338 e. The largest absolute Gasteiger partial charge is 0.456 e. The maximum Gasteiger partial charge on any atom is 0.338 e. The molecule has 0 spiro atoms. The molecule has 0 radical (unpaired) electrons. The number of esters is 1. The van der Waals surface area contributed by atoms with E-state index in [9.17, 15) is 14.4 Å². The lowest BCUT2D eigenvalue weighted by Crippen LogP contribution is -2.49. The van der Waals surface area contributed by atoms with Crippen molar-refractivity contribution in [1.82, 2.24) is 10.2 Å². The van der Waals surface area contributed by atoms with E-state index in [1.54, 1.807) is 12.1 Å². The van der Waals surface area contributed by atoms with Crippen LogP contribution in [0.15, 0.2) is 58.2 Å². The number of anilines is 1. The van der Waals surface area contributed by atoms with Gasteiger partial charge < -0.3 is 15.4 Å². The van der Waals surface area contributed by atoms with Crippen molar-refractivity contribution in [2.75, 3.05) is 18.5 Å². The summed E-state index contributed by atoms with van der Waals surface area (Å²) in [6.45, 7) is 3.62. The molecule has 4 rings (SSSR count). The SMILES string of the molecule is Cc1ccc(C)c([C@@H]2NC(=O)N(CC(=O)Nc3ccc(Br)cc3)C3=C2C(=O)OC3)c1. The topological polar surface area (TPSA) is 87.7 Å². The van der Waals surface area contributed by atoms with Gasteiger partial charge in [-0.2, -0.15) is 0 Å². The number of amides is 3. The van der Waals surface area contributed by atoms with Crippen molar-refractivity contribution in [3.05, 3.63) is 74.9 Å². The molecule has 0 bridgehead atoms. The zero-order valence-corrected chi connectivity index (χ0v) is 18.1. The maximum absolute atomic E-state index is 12.9. The van der Waals surface area contributed by atoms with Crippen LogP contribution >= 0.6 is 15.9 Å². The van der Waals surface area contributed by atoms with E-state index in [2.05, 4.69) is 26.6 Å². The third-order valence-electron chi connectivity index (χ3n) is 5.17. The van der Waals surface area contributed by atoms with E-state index < -0.39 is 18.0 Å². The van der Waals surface area contributed by atoms with Gasteiger partial charge in [0.2, 0.25) is 5.91 Å². The minimum absolute atomic E-state index is 0.0332. The highest BCUT2D eigenvalue weighted by Crippen LogP contribution is 2.36. The summed E-state index contributed by atoms with van der Waals surface area (Å²) in [7, 11) is 0. The molecule has 2 N–H and O–H groups in total. The molecule has 8 heteroatoms. The number of hydrogen-bond donors (Lipinski definition) is 2. The molecule has 0 aromatic heterocycles. The van der Waals surface area contributed by atoms with E-state index in [0.29, 0.717) is 17.0 Å². The van der Waals surface area contributed by atoms with Crippen molar-refractivity contribution < 1.29 is 19.1 Å². The molecule has 0 unspecified atom stereocenters. The summed E-state index contributed by atoms with van der Waals surface area (Å²) in [5.41, 5.74) is 4.24. The second-order valence-corrected chi connectivity index (χ2v) is 8.24. The lowest BCUT2D eigenvalue weighted by Gasteiger charge is -2.33. The van der Waals surface area contributed by atoms with Crippen LogP contribution in [0.3, 0.4) is 0 Å². The number of halogens is 1. The molecule has 7 nitrogen and oxygen atoms in total. The predicted octanol–water partition coefficient (Wildman–Crippen LogP) is 3.58. The van der Waals surface area contributed by atoms with Crippen LogP contribution in [0, 0.1) is 13.8 Å². The monoisotopic (exact) mass is 469 g/mol. The number of rotatable bonds is 4. The summed E-state index contributed by atoms with van der Waals surface area (Å²) < 4.78 is 6.12. The first-order chi connectivity index (χ1) is 14.3. The summed E-state index contributed by atoms with van der Waals surface area (Å²) in [5, 5.41) is 5.63. The Hall–Kier alpha value is -3.13. The Bertz CT molecular complexity index is 1080. The third-order valence-corrected chi connectivity index (χ3v) is 5.70. The van der Waals surface area contributed by atoms with E-state index in [0.717, 1.165) is 21.2 Å². The predicted molar refractivity (Wildman–Crippen MR) is 115 cm³/mol. The van der Waals surface area contributed by atoms with Gasteiger partial charge in [-0.05, 0) is 49.2 Å². The van der Waals surface area contributed by atoms with Crippen molar-refractivity contribution in [2.45, 2.75) is 19.9 Å². The number of carbonyl (C=O) groups is 3. The van der Waals surface area contributed by atoms with Crippen LogP contribution in [0.1, 0.15) is 22.7 Å². The molecule has 2 aliphatic rings. The molecule has 2 aliphatic heterocycles. The number of carbonyl (C=O) groups excluding carboxylic acids is 3. The summed E-state index contributed by atoms with van der Waals surface area (Å²) in [6.07, 6.45) is 0. The van der Waals surface area contributed by atoms with Gasteiger partial charge >= 0.3 is 12.0 Å². The second-order valence-electron chi connectivity index (χ2n) is 7.32. The maximum atomic E-state index is 12.9. The fraction of sp³-hybridized carbons (Fsp3) is 0.227. The zero-order valence-electron chi connectivity index (χ0n) is 16.5. The summed E-state index contributed by atoms with van der Waals surface area (Å²) in [5.74, 6) is -0.849. The molecular weight excluding hydrogens is 450 g/mol. The van der Waals surface area contributed by atoms with Crippen molar-refractivity contribution in [2.24, 2.45) is 0 Å². The quantitative estimate of drug-likeness (QED) is 0.669. The summed E-state index contributed by atoms with van der Waals surface area (Å²) >= 11 is 3.34. The van der Waals surface area contributed by atoms with Crippen LogP contribution in [0.4, 0.5) is 10.5 Å². The number of hydrogen-bond acceptors (Lipinski definition) is 4. The Balaban J connectivity index is 1.62. The number of nitrogens with zero attached hydrogens (tertiary/aromatic N) is 1. The molecular formula is C22H20BrN3O4. The van der Waals surface area contributed by atoms with E-state index in [-0.39, 0.29) is 19.1 Å². The number of ether oxygens (including phenoxy) is 1. The Morgan fingerprint density at radius 2 is 1.93 bits per heavy atom. The molecule has 0 saturated heterocycles. The molecule has 3 amide bonds. The van der Waals surface area contributed by atoms with Gasteiger partial charge in [0.15, 0.2) is 0 Å². The first-order valence-corrected chi connectivity index (χ1v) is 10.2. The average Bonchev–Trinajstić information content (AvgIpc) is 3.09. The number of nitrogens with one attached hydrogen (secondary N) is 2. The average molecular weight is 470 g/mol. The van der Waals surface area contributed by atoms with Crippen molar-refractivity contribution in [1.29, 1.82) is 0 Å². The highest BCUT2D eigenvalue weighted by atomic mass is 79.9. The normalized spacial score (nSPS) is 18.1. The van der Waals surface area contributed by atoms with Gasteiger partial charge in [0, 0.05) is 10.2 Å². The van der Waals surface area contributed by atoms with Crippen LogP contribution in [0.25, 0.3) is 0 Å². The van der Waals surface area contributed by atoms with Crippen LogP contribution < -0.4 is 10.6 Å². The van der Waals surface area contributed by atoms with Crippen molar-refractivity contribution >= 4 is 39.5 Å². The second kappa shape index (κ2) is 7.95. The van der Waals surface area contributed by atoms with Crippen molar-refractivity contribution in [3.8, 4) is 0 Å². The van der Waals surface area contributed by atoms with Crippen molar-refractivity contribution in [3.63, 3.8) is 0 Å². The number of urea groups is 1. The van der Waals surface area contributed by atoms with Crippen LogP contribution in [0.5, 0.6) is 0 Å². The molecule has 30 heavy (non-hydrogen) atoms. The number of benzene rings is 2. The highest BCUT2D eigenvalue weighted by molar-refractivity contribution is 9.10. The molecule has 154 valence electrons. The van der Waals surface area contributed by atoms with Gasteiger partial charge in [-0.1, -0.05) is 39.7 Å². The van der Waals surface area contributed by atoms with Gasteiger partial charge in [-0.3, -0.25) is 9.69 Å². The fourth-order valence-electron chi connectivity index (χ4n) is 3.66. The molecule has 2 aromatic carbocycles. The lowest BCUT2D eigenvalue weighted by molar-refractivity contribution is -0.136. The minimum atomic E-state index is -0.604. The summed E-state index contributed by atoms with van der Waals surface area (Å²) in [6, 6.07) is 12.0.